The predicted octanol–water partition coefficient (Wildman–Crippen LogP) is 6.53. The minimum absolute atomic E-state index is 0. The van der Waals surface area contributed by atoms with E-state index in [0.29, 0.717) is 21.3 Å². The van der Waals surface area contributed by atoms with Crippen LogP contribution in [0.2, 0.25) is 5.02 Å². The Kier molecular flexibility index (Phi) is 8.49. The monoisotopic (exact) mass is 542 g/mol. The fourth-order valence-corrected chi connectivity index (χ4v) is 4.14. The topological polar surface area (TPSA) is 61.2 Å². The summed E-state index contributed by atoms with van der Waals surface area (Å²) in [5.41, 5.74) is 3.67. The van der Waals surface area contributed by atoms with Gasteiger partial charge in [-0.25, -0.2) is 9.78 Å². The van der Waals surface area contributed by atoms with Crippen molar-refractivity contribution in [3.8, 4) is 16.9 Å². The van der Waals surface area contributed by atoms with E-state index in [2.05, 4.69) is 0 Å². The Labute approximate surface area is 211 Å². The minimum atomic E-state index is -0.393. The summed E-state index contributed by atoms with van der Waals surface area (Å²) in [6.07, 6.45) is 1.93. The normalized spacial score (nSPS) is 10.4. The van der Waals surface area contributed by atoms with Crippen LogP contribution in [0, 0.1) is 0 Å². The van der Waals surface area contributed by atoms with Crippen LogP contribution in [-0.2, 0) is 4.74 Å². The number of carbonyl (C=O) groups is 2. The van der Waals surface area contributed by atoms with E-state index < -0.39 is 5.97 Å². The summed E-state index contributed by atoms with van der Waals surface area (Å²) in [4.78, 5) is 29.2. The van der Waals surface area contributed by atoms with Gasteiger partial charge < -0.3 is 4.74 Å². The standard InChI is InChI=1S/C25H19ClN2O3S.BrH/c1-31-24(30)19-9-13-21(14-10-19)28-15-22(17-5-3-2-4-6-17)27-25(28)32-16-23(29)18-7-11-20(26)12-8-18;/h2-15H,16H2,1H3;1H. The summed E-state index contributed by atoms with van der Waals surface area (Å²) in [7, 11) is 1.35. The third-order valence-electron chi connectivity index (χ3n) is 4.81. The number of imidazole rings is 1. The summed E-state index contributed by atoms with van der Waals surface area (Å²) < 4.78 is 6.69. The van der Waals surface area contributed by atoms with Crippen molar-refractivity contribution in [2.45, 2.75) is 5.16 Å². The fourth-order valence-electron chi connectivity index (χ4n) is 3.12. The number of hydrogen-bond donors (Lipinski definition) is 0. The number of nitrogens with zero attached hydrogens (tertiary/aromatic N) is 2. The third kappa shape index (κ3) is 5.93. The molecule has 1 aromatic heterocycles. The Morgan fingerprint density at radius 2 is 1.58 bits per heavy atom. The van der Waals surface area contributed by atoms with E-state index >= 15 is 0 Å². The molecule has 4 aromatic rings. The van der Waals surface area contributed by atoms with Gasteiger partial charge in [0.05, 0.1) is 24.1 Å². The van der Waals surface area contributed by atoms with E-state index in [9.17, 15) is 9.59 Å². The predicted molar refractivity (Wildman–Crippen MR) is 137 cm³/mol. The molecule has 0 unspecified atom stereocenters. The molecule has 0 amide bonds. The summed E-state index contributed by atoms with van der Waals surface area (Å²) in [5.74, 6) is -0.175. The molecule has 0 aliphatic heterocycles. The molecule has 0 spiro atoms. The third-order valence-corrected chi connectivity index (χ3v) is 6.01. The van der Waals surface area contributed by atoms with Crippen molar-refractivity contribution in [1.82, 2.24) is 9.55 Å². The van der Waals surface area contributed by atoms with Gasteiger partial charge in [-0.3, -0.25) is 9.36 Å². The minimum Gasteiger partial charge on any atom is -0.465 e. The van der Waals surface area contributed by atoms with E-state index in [-0.39, 0.29) is 28.5 Å². The number of halogens is 2. The van der Waals surface area contributed by atoms with E-state index in [1.807, 2.05) is 53.2 Å². The van der Waals surface area contributed by atoms with E-state index in [0.717, 1.165) is 16.9 Å². The molecule has 5 nitrogen and oxygen atoms in total. The van der Waals surface area contributed by atoms with Crippen LogP contribution in [0.3, 0.4) is 0 Å². The van der Waals surface area contributed by atoms with Crippen LogP contribution in [0.1, 0.15) is 20.7 Å². The van der Waals surface area contributed by atoms with Crippen molar-refractivity contribution < 1.29 is 14.3 Å². The number of Topliss-reactive ketones (excluding diaryl/α,β-unsaturated/α-hetero) is 1. The number of aromatic nitrogens is 2. The Morgan fingerprint density at radius 3 is 2.21 bits per heavy atom. The molecular weight excluding hydrogens is 524 g/mol. The molecule has 1 heterocycles. The van der Waals surface area contributed by atoms with Crippen molar-refractivity contribution in [2.24, 2.45) is 0 Å². The molecule has 4 rings (SSSR count). The first-order valence-corrected chi connectivity index (χ1v) is 11.2. The number of ether oxygens (including phenoxy) is 1. The lowest BCUT2D eigenvalue weighted by Crippen LogP contribution is -2.04. The lowest BCUT2D eigenvalue weighted by molar-refractivity contribution is 0.0600. The van der Waals surface area contributed by atoms with Gasteiger partial charge >= 0.3 is 5.97 Å². The number of methoxy groups -OCH3 is 1. The number of ketones is 1. The molecule has 0 saturated heterocycles. The maximum atomic E-state index is 12.7. The van der Waals surface area contributed by atoms with Crippen molar-refractivity contribution in [3.05, 3.63) is 101 Å². The highest BCUT2D eigenvalue weighted by Gasteiger charge is 2.15. The van der Waals surface area contributed by atoms with Crippen LogP contribution < -0.4 is 0 Å². The molecule has 0 saturated carbocycles. The second-order valence-corrected chi connectivity index (χ2v) is 8.28. The Balaban J connectivity index is 0.00000306. The zero-order valence-electron chi connectivity index (χ0n) is 17.6. The molecule has 0 atom stereocenters. The fraction of sp³-hybridized carbons (Fsp3) is 0.0800. The van der Waals surface area contributed by atoms with Gasteiger partial charge in [0.25, 0.3) is 0 Å². The van der Waals surface area contributed by atoms with Gasteiger partial charge in [-0.1, -0.05) is 53.7 Å². The van der Waals surface area contributed by atoms with Gasteiger partial charge in [0.15, 0.2) is 10.9 Å². The number of esters is 1. The molecular formula is C25H20BrClN2O3S. The number of rotatable bonds is 7. The highest BCUT2D eigenvalue weighted by molar-refractivity contribution is 8.93. The summed E-state index contributed by atoms with van der Waals surface area (Å²) in [5, 5.41) is 1.27. The Hall–Kier alpha value is -2.87. The summed E-state index contributed by atoms with van der Waals surface area (Å²) in [6.45, 7) is 0. The molecule has 168 valence electrons. The van der Waals surface area contributed by atoms with Gasteiger partial charge in [-0.2, -0.15) is 0 Å². The van der Waals surface area contributed by atoms with E-state index in [1.165, 1.54) is 18.9 Å². The number of benzene rings is 3. The van der Waals surface area contributed by atoms with Crippen LogP contribution in [0.4, 0.5) is 0 Å². The maximum Gasteiger partial charge on any atom is 0.337 e. The van der Waals surface area contributed by atoms with Gasteiger partial charge in [0.2, 0.25) is 0 Å². The van der Waals surface area contributed by atoms with Crippen LogP contribution in [0.15, 0.2) is 90.2 Å². The van der Waals surface area contributed by atoms with Crippen molar-refractivity contribution in [2.75, 3.05) is 12.9 Å². The van der Waals surface area contributed by atoms with Crippen LogP contribution >= 0.6 is 40.3 Å². The van der Waals surface area contributed by atoms with Crippen molar-refractivity contribution >= 4 is 52.1 Å². The molecule has 3 aromatic carbocycles. The van der Waals surface area contributed by atoms with Crippen molar-refractivity contribution in [1.29, 1.82) is 0 Å². The second-order valence-electron chi connectivity index (χ2n) is 6.90. The summed E-state index contributed by atoms with van der Waals surface area (Å²) in [6, 6.07) is 23.7. The molecule has 0 bridgehead atoms. The van der Waals surface area contributed by atoms with Gasteiger partial charge in [-0.15, -0.1) is 17.0 Å². The average molecular weight is 544 g/mol. The quantitative estimate of drug-likeness (QED) is 0.151. The highest BCUT2D eigenvalue weighted by atomic mass is 79.9. The first kappa shape index (κ1) is 24.8. The summed E-state index contributed by atoms with van der Waals surface area (Å²) >= 11 is 7.28. The van der Waals surface area contributed by atoms with Gasteiger partial charge in [-0.05, 0) is 48.5 Å². The second kappa shape index (κ2) is 11.3. The molecule has 0 aliphatic rings. The highest BCUT2D eigenvalue weighted by Crippen LogP contribution is 2.28. The Bertz CT molecular complexity index is 1240. The van der Waals surface area contributed by atoms with Crippen LogP contribution in [-0.4, -0.2) is 34.2 Å². The van der Waals surface area contributed by atoms with E-state index in [4.69, 9.17) is 21.3 Å². The number of carbonyl (C=O) groups excluding carboxylic acids is 2. The van der Waals surface area contributed by atoms with Crippen molar-refractivity contribution in [3.63, 3.8) is 0 Å². The zero-order valence-corrected chi connectivity index (χ0v) is 20.9. The van der Waals surface area contributed by atoms with Gasteiger partial charge in [0, 0.05) is 28.0 Å². The van der Waals surface area contributed by atoms with Gasteiger partial charge in [0.1, 0.15) is 0 Å². The number of hydrogen-bond acceptors (Lipinski definition) is 5. The maximum absolute atomic E-state index is 12.7. The smallest absolute Gasteiger partial charge is 0.337 e. The first-order valence-electron chi connectivity index (χ1n) is 9.80. The number of thioether (sulfide) groups is 1. The molecule has 0 radical (unpaired) electrons. The van der Waals surface area contributed by atoms with E-state index in [1.54, 1.807) is 36.4 Å². The van der Waals surface area contributed by atoms with Crippen LogP contribution in [0.25, 0.3) is 16.9 Å². The molecule has 0 fully saturated rings. The lowest BCUT2D eigenvalue weighted by atomic mass is 10.1. The molecule has 0 N–H and O–H groups in total. The first-order chi connectivity index (χ1) is 15.5. The molecule has 33 heavy (non-hydrogen) atoms. The molecule has 8 heteroatoms. The largest absolute Gasteiger partial charge is 0.465 e. The zero-order chi connectivity index (χ0) is 22.5. The Morgan fingerprint density at radius 1 is 0.939 bits per heavy atom. The molecule has 0 aliphatic carbocycles. The average Bonchev–Trinajstić information content (AvgIpc) is 3.27. The lowest BCUT2D eigenvalue weighted by Gasteiger charge is -2.08. The van der Waals surface area contributed by atoms with Crippen LogP contribution in [0.5, 0.6) is 0 Å². The SMILES string of the molecule is Br.COC(=O)c1ccc(-n2cc(-c3ccccc3)nc2SCC(=O)c2ccc(Cl)cc2)cc1.